The van der Waals surface area contributed by atoms with Gasteiger partial charge in [-0.3, -0.25) is 0 Å². The van der Waals surface area contributed by atoms with Crippen LogP contribution in [-0.2, 0) is 11.4 Å². The van der Waals surface area contributed by atoms with E-state index >= 15 is 0 Å². The zero-order chi connectivity index (χ0) is 14.1. The van der Waals surface area contributed by atoms with Crippen LogP contribution in [0.1, 0.15) is 31.7 Å². The smallest absolute Gasteiger partial charge is 0.412 e. The second-order valence-corrected chi connectivity index (χ2v) is 8.50. The first-order valence-electron chi connectivity index (χ1n) is 5.00. The van der Waals surface area contributed by atoms with E-state index in [1.54, 1.807) is 26.2 Å². The molecule has 0 radical (unpaired) electrons. The Morgan fingerprint density at radius 2 is 1.94 bits per heavy atom. The van der Waals surface area contributed by atoms with Crippen molar-refractivity contribution in [2.24, 2.45) is 0 Å². The van der Waals surface area contributed by atoms with E-state index in [1.165, 1.54) is 6.07 Å². The van der Waals surface area contributed by atoms with Crippen LogP contribution in [0.4, 0.5) is 13.2 Å². The summed E-state index contributed by atoms with van der Waals surface area (Å²) in [5.74, 6) is 0. The molecule has 104 valence electrons. The van der Waals surface area contributed by atoms with E-state index in [9.17, 15) is 17.7 Å². The average molecular weight is 364 g/mol. The van der Waals surface area contributed by atoms with Crippen LogP contribution in [0.3, 0.4) is 0 Å². The maximum absolute atomic E-state index is 13.0. The molecule has 0 bridgehead atoms. The first-order valence-corrected chi connectivity index (χ1v) is 7.83. The molecule has 1 aromatic rings. The molecule has 18 heavy (non-hydrogen) atoms. The Morgan fingerprint density at radius 3 is 2.28 bits per heavy atom. The molecule has 1 N–H and O–H groups in total. The number of rotatable bonds is 3. The van der Waals surface area contributed by atoms with Gasteiger partial charge in [0, 0.05) is 26.1 Å². The molecule has 2 atom stereocenters. The molecule has 8 heteroatoms. The van der Waals surface area contributed by atoms with E-state index in [1.807, 2.05) is 0 Å². The Hall–Kier alpha value is 0.240. The van der Waals surface area contributed by atoms with Crippen molar-refractivity contribution < 1.29 is 17.7 Å². The molecule has 1 rings (SSSR count). The molecule has 1 unspecified atom stereocenters. The number of thiophene rings is 1. The number of halogens is 4. The first-order chi connectivity index (χ1) is 8.01. The largest absolute Gasteiger partial charge is 0.598 e. The van der Waals surface area contributed by atoms with Crippen LogP contribution in [0, 0.1) is 0 Å². The van der Waals surface area contributed by atoms with Gasteiger partial charge in [0.25, 0.3) is 0 Å². The lowest BCUT2D eigenvalue weighted by atomic mass is 10.2. The van der Waals surface area contributed by atoms with Crippen LogP contribution in [0.5, 0.6) is 0 Å². The molecule has 0 aliphatic heterocycles. The molecule has 0 saturated carbocycles. The van der Waals surface area contributed by atoms with Crippen LogP contribution in [0.25, 0.3) is 0 Å². The summed E-state index contributed by atoms with van der Waals surface area (Å²) >= 11 is 2.30. The van der Waals surface area contributed by atoms with Crippen molar-refractivity contribution in [2.75, 3.05) is 0 Å². The lowest BCUT2D eigenvalue weighted by Crippen LogP contribution is -2.45. The fourth-order valence-corrected chi connectivity index (χ4v) is 3.47. The molecule has 1 aromatic heterocycles. The molecule has 0 amide bonds. The maximum atomic E-state index is 13.0. The summed E-state index contributed by atoms with van der Waals surface area (Å²) in [6.45, 7) is 4.86. The predicted octanol–water partition coefficient (Wildman–Crippen LogP) is 4.17. The van der Waals surface area contributed by atoms with E-state index < -0.39 is 28.3 Å². The summed E-state index contributed by atoms with van der Waals surface area (Å²) in [5.41, 5.74) is 0. The van der Waals surface area contributed by atoms with Gasteiger partial charge in [-0.05, 0) is 42.8 Å². The van der Waals surface area contributed by atoms with Crippen molar-refractivity contribution in [3.05, 3.63) is 20.8 Å². The van der Waals surface area contributed by atoms with Gasteiger partial charge in [-0.25, -0.2) is 0 Å². The minimum Gasteiger partial charge on any atom is -0.598 e. The lowest BCUT2D eigenvalue weighted by Gasteiger charge is -2.28. The van der Waals surface area contributed by atoms with Crippen LogP contribution in [-0.4, -0.2) is 15.5 Å². The summed E-state index contributed by atoms with van der Waals surface area (Å²) in [4.78, 5) is 0.0898. The van der Waals surface area contributed by atoms with Crippen molar-refractivity contribution in [3.8, 4) is 0 Å². The van der Waals surface area contributed by atoms with Gasteiger partial charge in [0.1, 0.15) is 4.75 Å². The van der Waals surface area contributed by atoms with Crippen LogP contribution in [0.15, 0.2) is 15.9 Å². The highest BCUT2D eigenvalue weighted by atomic mass is 79.9. The first kappa shape index (κ1) is 16.3. The Morgan fingerprint density at radius 1 is 1.39 bits per heavy atom. The highest BCUT2D eigenvalue weighted by Crippen LogP contribution is 2.38. The van der Waals surface area contributed by atoms with Crippen LogP contribution in [0.2, 0.25) is 0 Å². The lowest BCUT2D eigenvalue weighted by molar-refractivity contribution is -0.152. The fraction of sp³-hybridized carbons (Fsp3) is 0.600. The van der Waals surface area contributed by atoms with E-state index in [0.29, 0.717) is 4.47 Å². The Kier molecular flexibility index (Phi) is 5.16. The fourth-order valence-electron chi connectivity index (χ4n) is 1.05. The normalized spacial score (nSPS) is 16.7. The Bertz CT molecular complexity index is 403. The van der Waals surface area contributed by atoms with Crippen molar-refractivity contribution >= 4 is 38.6 Å². The highest BCUT2D eigenvalue weighted by molar-refractivity contribution is 9.10. The third-order valence-electron chi connectivity index (χ3n) is 1.98. The standard InChI is InChI=1S/C10H13BrF3NOS2/c1-9(2,3)18(16)15-8(10(12,13)14)7-4-6(11)5-17-7/h4-5,8,15H,1-3H3/t8?,18-/m1/s1. The third-order valence-corrected chi connectivity index (χ3v) is 5.30. The molecule has 0 aliphatic carbocycles. The Labute approximate surface area is 119 Å². The van der Waals surface area contributed by atoms with E-state index in [2.05, 4.69) is 20.7 Å². The molecule has 0 saturated heterocycles. The number of alkyl halides is 3. The van der Waals surface area contributed by atoms with Gasteiger partial charge in [0.05, 0.1) is 0 Å². The molecule has 2 nitrogen and oxygen atoms in total. The molecule has 0 aromatic carbocycles. The molecule has 0 fully saturated rings. The van der Waals surface area contributed by atoms with Crippen molar-refractivity contribution in [2.45, 2.75) is 37.7 Å². The van der Waals surface area contributed by atoms with Gasteiger partial charge in [-0.15, -0.1) is 16.1 Å². The van der Waals surface area contributed by atoms with Crippen LogP contribution >= 0.6 is 27.3 Å². The van der Waals surface area contributed by atoms with Crippen molar-refractivity contribution in [1.29, 1.82) is 0 Å². The zero-order valence-corrected chi connectivity index (χ0v) is 13.2. The van der Waals surface area contributed by atoms with Crippen molar-refractivity contribution in [3.63, 3.8) is 0 Å². The SMILES string of the molecule is CC(C)(C)[S@@+]([O-])NC(c1cc(Br)cs1)C(F)(F)F. The monoisotopic (exact) mass is 363 g/mol. The minimum atomic E-state index is -4.48. The summed E-state index contributed by atoms with van der Waals surface area (Å²) in [6, 6.07) is -0.524. The molecular weight excluding hydrogens is 351 g/mol. The summed E-state index contributed by atoms with van der Waals surface area (Å²) in [5, 5.41) is 1.57. The van der Waals surface area contributed by atoms with Gasteiger partial charge in [-0.1, -0.05) is 0 Å². The van der Waals surface area contributed by atoms with E-state index in [0.717, 1.165) is 11.3 Å². The maximum Gasteiger partial charge on any atom is 0.412 e. The second kappa shape index (κ2) is 5.70. The number of hydrogen-bond donors (Lipinski definition) is 1. The summed E-state index contributed by atoms with van der Waals surface area (Å²) < 4.78 is 52.7. The van der Waals surface area contributed by atoms with Gasteiger partial charge in [-0.2, -0.15) is 13.2 Å². The van der Waals surface area contributed by atoms with E-state index in [-0.39, 0.29) is 4.88 Å². The molecular formula is C10H13BrF3NOS2. The highest BCUT2D eigenvalue weighted by Gasteiger charge is 2.46. The van der Waals surface area contributed by atoms with Gasteiger partial charge in [0.2, 0.25) is 0 Å². The molecule has 1 heterocycles. The minimum absolute atomic E-state index is 0.0898. The summed E-state index contributed by atoms with van der Waals surface area (Å²) in [6.07, 6.45) is -4.48. The molecule has 0 spiro atoms. The molecule has 0 aliphatic rings. The summed E-state index contributed by atoms with van der Waals surface area (Å²) in [7, 11) is 0. The third kappa shape index (κ3) is 4.41. The van der Waals surface area contributed by atoms with E-state index in [4.69, 9.17) is 0 Å². The van der Waals surface area contributed by atoms with Crippen LogP contribution < -0.4 is 4.72 Å². The average Bonchev–Trinajstić information content (AvgIpc) is 2.57. The van der Waals surface area contributed by atoms with Gasteiger partial charge >= 0.3 is 6.18 Å². The predicted molar refractivity (Wildman–Crippen MR) is 71.8 cm³/mol. The van der Waals surface area contributed by atoms with Crippen molar-refractivity contribution in [1.82, 2.24) is 4.72 Å². The second-order valence-electron chi connectivity index (χ2n) is 4.64. The number of nitrogens with one attached hydrogen (secondary N) is 1. The topological polar surface area (TPSA) is 35.1 Å². The van der Waals surface area contributed by atoms with Gasteiger partial charge < -0.3 is 4.55 Å². The Balaban J connectivity index is 2.95. The van der Waals surface area contributed by atoms with Gasteiger partial charge in [0.15, 0.2) is 6.04 Å². The number of hydrogen-bond acceptors (Lipinski definition) is 3. The zero-order valence-electron chi connectivity index (χ0n) is 9.97. The quantitative estimate of drug-likeness (QED) is 0.818.